The van der Waals surface area contributed by atoms with Crippen LogP contribution < -0.4 is 4.90 Å². The molecule has 0 N–H and O–H groups in total. The minimum atomic E-state index is -0.172. The van der Waals surface area contributed by atoms with E-state index in [9.17, 15) is 4.79 Å². The first kappa shape index (κ1) is 17.2. The summed E-state index contributed by atoms with van der Waals surface area (Å²) < 4.78 is 6.33. The van der Waals surface area contributed by atoms with Crippen molar-refractivity contribution in [3.63, 3.8) is 0 Å². The molecule has 0 atom stereocenters. The number of thiazole rings is 1. The highest BCUT2D eigenvalue weighted by Gasteiger charge is 2.20. The van der Waals surface area contributed by atoms with Crippen LogP contribution in [0.2, 0.25) is 0 Å². The molecule has 0 fully saturated rings. The number of carbonyl (C=O) groups excluding carboxylic acids is 1. The largest absolute Gasteiger partial charge is 0.465 e. The van der Waals surface area contributed by atoms with Gasteiger partial charge in [0.25, 0.3) is 5.91 Å². The van der Waals surface area contributed by atoms with Gasteiger partial charge in [-0.25, -0.2) is 4.98 Å². The quantitative estimate of drug-likeness (QED) is 0.419. The molecule has 0 aliphatic rings. The summed E-state index contributed by atoms with van der Waals surface area (Å²) in [6, 6.07) is 17.5. The molecule has 0 radical (unpaired) electrons. The standard InChI is InChI=1S/C22H18N2O2S/c1-15-9-10-17(14-16(15)2)24(21(25)12-11-18-6-5-13-26-18)22-23-19-7-3-4-8-20(19)27-22/h3-14H,1-2H3/b12-11+. The van der Waals surface area contributed by atoms with E-state index in [0.717, 1.165) is 21.5 Å². The highest BCUT2D eigenvalue weighted by molar-refractivity contribution is 7.22. The van der Waals surface area contributed by atoms with Crippen LogP contribution in [-0.4, -0.2) is 10.9 Å². The van der Waals surface area contributed by atoms with E-state index in [4.69, 9.17) is 4.42 Å². The topological polar surface area (TPSA) is 46.3 Å². The van der Waals surface area contributed by atoms with Gasteiger partial charge in [-0.15, -0.1) is 0 Å². The van der Waals surface area contributed by atoms with Crippen LogP contribution in [0.3, 0.4) is 0 Å². The van der Waals surface area contributed by atoms with Gasteiger partial charge < -0.3 is 4.42 Å². The lowest BCUT2D eigenvalue weighted by Crippen LogP contribution is -2.23. The highest BCUT2D eigenvalue weighted by atomic mass is 32.1. The number of rotatable bonds is 4. The number of carbonyl (C=O) groups is 1. The molecule has 4 aromatic rings. The molecule has 0 aliphatic heterocycles. The van der Waals surface area contributed by atoms with E-state index in [2.05, 4.69) is 11.9 Å². The van der Waals surface area contributed by atoms with Gasteiger partial charge in [0.15, 0.2) is 5.13 Å². The molecule has 0 spiro atoms. The number of aromatic nitrogens is 1. The summed E-state index contributed by atoms with van der Waals surface area (Å²) in [5.41, 5.74) is 3.99. The number of para-hydroxylation sites is 1. The maximum Gasteiger partial charge on any atom is 0.257 e. The van der Waals surface area contributed by atoms with Gasteiger partial charge >= 0.3 is 0 Å². The van der Waals surface area contributed by atoms with E-state index in [-0.39, 0.29) is 5.91 Å². The lowest BCUT2D eigenvalue weighted by molar-refractivity contribution is -0.113. The van der Waals surface area contributed by atoms with E-state index in [1.807, 2.05) is 55.5 Å². The Balaban J connectivity index is 1.78. The Hall–Kier alpha value is -3.18. The first-order valence-corrected chi connectivity index (χ1v) is 9.42. The summed E-state index contributed by atoms with van der Waals surface area (Å²) in [4.78, 5) is 19.4. The molecule has 1 amide bonds. The first-order valence-electron chi connectivity index (χ1n) is 8.60. The summed E-state index contributed by atoms with van der Waals surface area (Å²) in [6.45, 7) is 4.10. The van der Waals surface area contributed by atoms with Crippen molar-refractivity contribution in [3.05, 3.63) is 83.8 Å². The van der Waals surface area contributed by atoms with E-state index < -0.39 is 0 Å². The summed E-state index contributed by atoms with van der Waals surface area (Å²) in [5.74, 6) is 0.460. The van der Waals surface area contributed by atoms with Crippen molar-refractivity contribution in [2.45, 2.75) is 13.8 Å². The molecule has 134 valence electrons. The van der Waals surface area contributed by atoms with Crippen LogP contribution in [0, 0.1) is 13.8 Å². The Labute approximate surface area is 161 Å². The normalized spacial score (nSPS) is 11.3. The Morgan fingerprint density at radius 3 is 2.67 bits per heavy atom. The Kier molecular flexibility index (Phi) is 4.60. The minimum Gasteiger partial charge on any atom is -0.465 e. The van der Waals surface area contributed by atoms with E-state index in [0.29, 0.717) is 10.9 Å². The molecule has 0 unspecified atom stereocenters. The number of aryl methyl sites for hydroxylation is 2. The van der Waals surface area contributed by atoms with Gasteiger partial charge in [0.05, 0.1) is 22.2 Å². The summed E-state index contributed by atoms with van der Waals surface area (Å²) >= 11 is 1.50. The van der Waals surface area contributed by atoms with Crippen molar-refractivity contribution < 1.29 is 9.21 Å². The average molecular weight is 374 g/mol. The lowest BCUT2D eigenvalue weighted by atomic mass is 10.1. The molecule has 4 rings (SSSR count). The van der Waals surface area contributed by atoms with Gasteiger partial charge in [0.1, 0.15) is 5.76 Å². The van der Waals surface area contributed by atoms with E-state index >= 15 is 0 Å². The number of fused-ring (bicyclic) bond motifs is 1. The van der Waals surface area contributed by atoms with Gasteiger partial charge in [0.2, 0.25) is 0 Å². The molecule has 2 aromatic carbocycles. The smallest absolute Gasteiger partial charge is 0.257 e. The second-order valence-corrected chi connectivity index (χ2v) is 7.26. The maximum atomic E-state index is 13.1. The van der Waals surface area contributed by atoms with Gasteiger partial charge in [-0.3, -0.25) is 9.69 Å². The van der Waals surface area contributed by atoms with Crippen molar-refractivity contribution in [3.8, 4) is 0 Å². The molecule has 0 saturated carbocycles. The fourth-order valence-electron chi connectivity index (χ4n) is 2.77. The van der Waals surface area contributed by atoms with Gasteiger partial charge in [0, 0.05) is 6.08 Å². The molecule has 0 saturated heterocycles. The first-order chi connectivity index (χ1) is 13.1. The third-order valence-corrected chi connectivity index (χ3v) is 5.40. The van der Waals surface area contributed by atoms with Crippen LogP contribution in [0.1, 0.15) is 16.9 Å². The van der Waals surface area contributed by atoms with Crippen molar-refractivity contribution in [2.24, 2.45) is 0 Å². The van der Waals surface area contributed by atoms with Crippen LogP contribution in [0.15, 0.2) is 71.4 Å². The molecule has 27 heavy (non-hydrogen) atoms. The van der Waals surface area contributed by atoms with Crippen LogP contribution in [-0.2, 0) is 4.79 Å². The van der Waals surface area contributed by atoms with E-state index in [1.165, 1.54) is 23.0 Å². The second-order valence-electron chi connectivity index (χ2n) is 6.26. The van der Waals surface area contributed by atoms with Gasteiger partial charge in [-0.2, -0.15) is 0 Å². The van der Waals surface area contributed by atoms with Crippen LogP contribution in [0.25, 0.3) is 16.3 Å². The summed E-state index contributed by atoms with van der Waals surface area (Å²) in [7, 11) is 0. The lowest BCUT2D eigenvalue weighted by Gasteiger charge is -2.19. The highest BCUT2D eigenvalue weighted by Crippen LogP contribution is 2.34. The molecule has 2 heterocycles. The van der Waals surface area contributed by atoms with Crippen molar-refractivity contribution in [1.82, 2.24) is 4.98 Å². The average Bonchev–Trinajstić information content (AvgIpc) is 3.32. The number of hydrogen-bond acceptors (Lipinski definition) is 4. The van der Waals surface area contributed by atoms with Crippen LogP contribution in [0.5, 0.6) is 0 Å². The number of hydrogen-bond donors (Lipinski definition) is 0. The monoisotopic (exact) mass is 374 g/mol. The maximum absolute atomic E-state index is 13.1. The van der Waals surface area contributed by atoms with Gasteiger partial charge in [-0.05, 0) is 67.4 Å². The van der Waals surface area contributed by atoms with Crippen molar-refractivity contribution >= 4 is 44.4 Å². The van der Waals surface area contributed by atoms with Crippen LogP contribution >= 0.6 is 11.3 Å². The minimum absolute atomic E-state index is 0.172. The fourth-order valence-corrected chi connectivity index (χ4v) is 3.76. The Bertz CT molecular complexity index is 1090. The zero-order chi connectivity index (χ0) is 18.8. The second kappa shape index (κ2) is 7.21. The van der Waals surface area contributed by atoms with Crippen LogP contribution in [0.4, 0.5) is 10.8 Å². The Morgan fingerprint density at radius 2 is 1.93 bits per heavy atom. The van der Waals surface area contributed by atoms with Crippen molar-refractivity contribution in [1.29, 1.82) is 0 Å². The molecule has 0 aliphatic carbocycles. The number of amides is 1. The molecular weight excluding hydrogens is 356 g/mol. The van der Waals surface area contributed by atoms with Gasteiger partial charge in [-0.1, -0.05) is 29.5 Å². The zero-order valence-corrected chi connectivity index (χ0v) is 15.9. The zero-order valence-electron chi connectivity index (χ0n) is 15.0. The summed E-state index contributed by atoms with van der Waals surface area (Å²) in [5, 5.41) is 0.647. The number of nitrogens with zero attached hydrogens (tertiary/aromatic N) is 2. The molecule has 0 bridgehead atoms. The predicted octanol–water partition coefficient (Wildman–Crippen LogP) is 5.88. The van der Waals surface area contributed by atoms with Crippen molar-refractivity contribution in [2.75, 3.05) is 4.90 Å². The number of furan rings is 1. The molecular formula is C22H18N2O2S. The predicted molar refractivity (Wildman–Crippen MR) is 110 cm³/mol. The SMILES string of the molecule is Cc1ccc(N(C(=O)/C=C/c2ccco2)c2nc3ccccc3s2)cc1C. The number of anilines is 2. The Morgan fingerprint density at radius 1 is 1.07 bits per heavy atom. The molecule has 5 heteroatoms. The van der Waals surface area contributed by atoms with E-state index in [1.54, 1.807) is 23.3 Å². The summed E-state index contributed by atoms with van der Waals surface area (Å²) in [6.07, 6.45) is 4.77. The molecule has 4 nitrogen and oxygen atoms in total. The third-order valence-electron chi connectivity index (χ3n) is 4.38. The third kappa shape index (κ3) is 3.55. The number of benzene rings is 2. The molecule has 2 aromatic heterocycles. The fraction of sp³-hybridized carbons (Fsp3) is 0.0909.